The van der Waals surface area contributed by atoms with Crippen molar-refractivity contribution in [1.82, 2.24) is 20.9 Å². The summed E-state index contributed by atoms with van der Waals surface area (Å²) in [6, 6.07) is 6.85. The van der Waals surface area contributed by atoms with E-state index in [0.29, 0.717) is 45.1 Å². The average molecular weight is 529 g/mol. The molecule has 0 saturated carbocycles. The fourth-order valence-corrected chi connectivity index (χ4v) is 4.91. The second kappa shape index (κ2) is 13.0. The molecule has 0 aromatic heterocycles. The highest BCUT2D eigenvalue weighted by Gasteiger charge is 2.42. The van der Waals surface area contributed by atoms with Crippen LogP contribution in [-0.2, 0) is 30.4 Å². The molecule has 2 aliphatic rings. The van der Waals surface area contributed by atoms with E-state index in [0.717, 1.165) is 5.56 Å². The van der Waals surface area contributed by atoms with E-state index in [-0.39, 0.29) is 30.4 Å². The number of aliphatic hydroxyl groups is 1. The molecule has 38 heavy (non-hydrogen) atoms. The zero-order valence-electron chi connectivity index (χ0n) is 22.5. The summed E-state index contributed by atoms with van der Waals surface area (Å²) >= 11 is 0. The monoisotopic (exact) mass is 528 g/mol. The van der Waals surface area contributed by atoms with Crippen LogP contribution < -0.4 is 16.0 Å². The maximum Gasteiger partial charge on any atom is 0.246 e. The standard InChI is InChI=1S/C28H40N4O6/c1-18(33)23(34)15-9-5-8-13-20-24(35)31-28(2,3)27(38)30-21(17-19-11-6-4-7-12-19)26(37)32-16-10-14-22(32)25(36)29-20/h4,6-7,11-12,18,20-22,33H,5,8-10,13-17H2,1-3H3,(H,29,36)(H,30,38)(H,31,35)/t18-,20?,21?,22?/m0/s1. The number of rotatable bonds is 9. The minimum absolute atomic E-state index is 0.230. The Morgan fingerprint density at radius 3 is 2.42 bits per heavy atom. The highest BCUT2D eigenvalue weighted by atomic mass is 16.3. The van der Waals surface area contributed by atoms with E-state index >= 15 is 0 Å². The lowest BCUT2D eigenvalue weighted by atomic mass is 9.98. The van der Waals surface area contributed by atoms with Crippen molar-refractivity contribution in [3.63, 3.8) is 0 Å². The summed E-state index contributed by atoms with van der Waals surface area (Å²) in [5.74, 6) is -1.90. The summed E-state index contributed by atoms with van der Waals surface area (Å²) in [6.45, 7) is 4.96. The van der Waals surface area contributed by atoms with Crippen LogP contribution in [0.2, 0.25) is 0 Å². The minimum Gasteiger partial charge on any atom is -0.386 e. The van der Waals surface area contributed by atoms with Crippen LogP contribution in [0.4, 0.5) is 0 Å². The van der Waals surface area contributed by atoms with E-state index in [1.807, 2.05) is 30.3 Å². The number of hydrogen-bond donors (Lipinski definition) is 4. The van der Waals surface area contributed by atoms with E-state index in [9.17, 15) is 29.1 Å². The maximum absolute atomic E-state index is 13.6. The van der Waals surface area contributed by atoms with E-state index in [2.05, 4.69) is 16.0 Å². The smallest absolute Gasteiger partial charge is 0.246 e. The van der Waals surface area contributed by atoms with E-state index in [1.54, 1.807) is 13.8 Å². The number of nitrogens with zero attached hydrogens (tertiary/aromatic N) is 1. The highest BCUT2D eigenvalue weighted by Crippen LogP contribution is 2.21. The van der Waals surface area contributed by atoms with Crippen molar-refractivity contribution in [2.24, 2.45) is 0 Å². The number of hydrogen-bond acceptors (Lipinski definition) is 6. The van der Waals surface area contributed by atoms with Gasteiger partial charge in [-0.25, -0.2) is 0 Å². The van der Waals surface area contributed by atoms with Gasteiger partial charge in [0.15, 0.2) is 5.78 Å². The van der Waals surface area contributed by atoms with Crippen molar-refractivity contribution in [3.8, 4) is 0 Å². The number of aliphatic hydroxyl groups excluding tert-OH is 1. The van der Waals surface area contributed by atoms with Crippen molar-refractivity contribution < 1.29 is 29.1 Å². The Hall–Kier alpha value is -3.27. The topological polar surface area (TPSA) is 145 Å². The zero-order chi connectivity index (χ0) is 27.9. The number of carbonyl (C=O) groups is 5. The van der Waals surface area contributed by atoms with Crippen molar-refractivity contribution in [2.45, 2.75) is 102 Å². The van der Waals surface area contributed by atoms with Crippen LogP contribution in [0.1, 0.15) is 71.3 Å². The molecule has 2 fully saturated rings. The van der Waals surface area contributed by atoms with Gasteiger partial charge in [0.1, 0.15) is 29.8 Å². The Labute approximate surface area is 223 Å². The van der Waals surface area contributed by atoms with E-state index in [1.165, 1.54) is 11.8 Å². The van der Waals surface area contributed by atoms with Crippen LogP contribution in [0.5, 0.6) is 0 Å². The van der Waals surface area contributed by atoms with Gasteiger partial charge < -0.3 is 26.0 Å². The van der Waals surface area contributed by atoms with Gasteiger partial charge in [-0.05, 0) is 52.0 Å². The molecule has 4 amide bonds. The van der Waals surface area contributed by atoms with Crippen molar-refractivity contribution in [3.05, 3.63) is 35.9 Å². The van der Waals surface area contributed by atoms with Gasteiger partial charge in [-0.1, -0.05) is 43.2 Å². The Morgan fingerprint density at radius 1 is 1.03 bits per heavy atom. The minimum atomic E-state index is -1.33. The highest BCUT2D eigenvalue weighted by molar-refractivity contribution is 5.99. The molecule has 2 aliphatic heterocycles. The van der Waals surface area contributed by atoms with Crippen LogP contribution >= 0.6 is 0 Å². The quantitative estimate of drug-likeness (QED) is 0.352. The van der Waals surface area contributed by atoms with Crippen LogP contribution in [-0.4, -0.2) is 75.7 Å². The fraction of sp³-hybridized carbons (Fsp3) is 0.607. The van der Waals surface area contributed by atoms with Gasteiger partial charge in [0.2, 0.25) is 23.6 Å². The van der Waals surface area contributed by atoms with Crippen LogP contribution in [0.25, 0.3) is 0 Å². The first kappa shape index (κ1) is 29.3. The molecule has 0 aliphatic carbocycles. The van der Waals surface area contributed by atoms with Crippen LogP contribution in [0.15, 0.2) is 30.3 Å². The molecule has 4 atom stereocenters. The lowest BCUT2D eigenvalue weighted by Crippen LogP contribution is -2.64. The Morgan fingerprint density at radius 2 is 1.74 bits per heavy atom. The molecule has 3 rings (SSSR count). The zero-order valence-corrected chi connectivity index (χ0v) is 22.5. The maximum atomic E-state index is 13.6. The molecule has 10 nitrogen and oxygen atoms in total. The third-order valence-electron chi connectivity index (χ3n) is 7.24. The molecule has 2 heterocycles. The summed E-state index contributed by atoms with van der Waals surface area (Å²) in [4.78, 5) is 66.7. The number of ketones is 1. The number of benzene rings is 1. The lowest BCUT2D eigenvalue weighted by Gasteiger charge is -2.34. The number of Topliss-reactive ketones (excluding diaryl/α,β-unsaturated/α-hetero) is 1. The second-order valence-corrected chi connectivity index (χ2v) is 10.8. The first-order valence-corrected chi connectivity index (χ1v) is 13.5. The SMILES string of the molecule is C[C@H](O)C(=O)CCCCCC1NC(=O)C2CCCN2C(=O)C(Cc2ccccc2)NC(=O)C(C)(C)NC1=O. The summed E-state index contributed by atoms with van der Waals surface area (Å²) in [6.07, 6.45) is 2.72. The van der Waals surface area contributed by atoms with E-state index < -0.39 is 41.6 Å². The van der Waals surface area contributed by atoms with Crippen LogP contribution in [0, 0.1) is 0 Å². The molecule has 3 unspecified atom stereocenters. The number of amides is 4. The van der Waals surface area contributed by atoms with Gasteiger partial charge in [-0.3, -0.25) is 24.0 Å². The molecular formula is C28H40N4O6. The summed E-state index contributed by atoms with van der Waals surface area (Å²) in [5, 5.41) is 17.8. The van der Waals surface area contributed by atoms with Crippen molar-refractivity contribution in [1.29, 1.82) is 0 Å². The first-order chi connectivity index (χ1) is 18.0. The Bertz CT molecular complexity index is 1030. The molecule has 1 aromatic rings. The van der Waals surface area contributed by atoms with Gasteiger partial charge in [-0.15, -0.1) is 0 Å². The Kier molecular flexibility index (Phi) is 10.0. The molecule has 4 N–H and O–H groups in total. The molecule has 0 bridgehead atoms. The van der Waals surface area contributed by atoms with Gasteiger partial charge >= 0.3 is 0 Å². The first-order valence-electron chi connectivity index (χ1n) is 13.5. The largest absolute Gasteiger partial charge is 0.386 e. The third kappa shape index (κ3) is 7.63. The summed E-state index contributed by atoms with van der Waals surface area (Å²) in [7, 11) is 0. The summed E-state index contributed by atoms with van der Waals surface area (Å²) < 4.78 is 0. The van der Waals surface area contributed by atoms with Gasteiger partial charge in [-0.2, -0.15) is 0 Å². The molecule has 0 radical (unpaired) electrons. The van der Waals surface area contributed by atoms with Gasteiger partial charge in [0, 0.05) is 19.4 Å². The fourth-order valence-electron chi connectivity index (χ4n) is 4.91. The Balaban J connectivity index is 1.78. The third-order valence-corrected chi connectivity index (χ3v) is 7.24. The number of nitrogens with one attached hydrogen (secondary N) is 3. The second-order valence-electron chi connectivity index (χ2n) is 10.8. The predicted molar refractivity (Wildman–Crippen MR) is 141 cm³/mol. The predicted octanol–water partition coefficient (Wildman–Crippen LogP) is 0.999. The van der Waals surface area contributed by atoms with Crippen molar-refractivity contribution in [2.75, 3.05) is 6.54 Å². The average Bonchev–Trinajstić information content (AvgIpc) is 3.36. The van der Waals surface area contributed by atoms with Crippen molar-refractivity contribution >= 4 is 29.4 Å². The lowest BCUT2D eigenvalue weighted by molar-refractivity contribution is -0.144. The molecule has 10 heteroatoms. The number of fused-ring (bicyclic) bond motifs is 1. The van der Waals surface area contributed by atoms with Gasteiger partial charge in [0.25, 0.3) is 0 Å². The number of unbranched alkanes of at least 4 members (excludes halogenated alkanes) is 2. The van der Waals surface area contributed by atoms with Gasteiger partial charge in [0.05, 0.1) is 0 Å². The normalized spacial score (nSPS) is 24.8. The molecule has 0 spiro atoms. The van der Waals surface area contributed by atoms with E-state index in [4.69, 9.17) is 0 Å². The number of carbonyl (C=O) groups excluding carboxylic acids is 5. The van der Waals surface area contributed by atoms with Crippen LogP contribution in [0.3, 0.4) is 0 Å². The molecule has 2 saturated heterocycles. The summed E-state index contributed by atoms with van der Waals surface area (Å²) in [5.41, 5.74) is -0.460. The molecule has 208 valence electrons. The molecule has 1 aromatic carbocycles. The molecular weight excluding hydrogens is 488 g/mol.